The van der Waals surface area contributed by atoms with E-state index < -0.39 is 6.10 Å². The third-order valence-electron chi connectivity index (χ3n) is 2.08. The maximum absolute atomic E-state index is 9.67. The van der Waals surface area contributed by atoms with E-state index in [-0.39, 0.29) is 0 Å². The normalized spacial score (nSPS) is 21.3. The average molecular weight is 235 g/mol. The van der Waals surface area contributed by atoms with Crippen LogP contribution in [0, 0.1) is 0 Å². The molecular weight excluding hydrogens is 227 g/mol. The molecule has 1 aliphatic rings. The Morgan fingerprint density at radius 3 is 2.92 bits per heavy atom. The van der Waals surface area contributed by atoms with Gasteiger partial charge in [0.25, 0.3) is 0 Å². The zero-order valence-corrected chi connectivity index (χ0v) is 9.09. The second-order valence-corrected chi connectivity index (χ2v) is 4.86. The third-order valence-corrected chi connectivity index (χ3v) is 3.68. The molecule has 2 rings (SSSR count). The van der Waals surface area contributed by atoms with Crippen LogP contribution in [0.3, 0.4) is 0 Å². The lowest BCUT2D eigenvalue weighted by atomic mass is 10.0. The average Bonchev–Trinajstić information content (AvgIpc) is 2.07. The molecular formula is C9H8Cl2OS. The van der Waals surface area contributed by atoms with Crippen LogP contribution < -0.4 is 0 Å². The molecule has 0 saturated carbocycles. The molecule has 70 valence electrons. The highest BCUT2D eigenvalue weighted by atomic mass is 35.5. The highest BCUT2D eigenvalue weighted by Crippen LogP contribution is 2.37. The van der Waals surface area contributed by atoms with Gasteiger partial charge in [-0.05, 0) is 23.3 Å². The summed E-state index contributed by atoms with van der Waals surface area (Å²) in [7, 11) is 0. The van der Waals surface area contributed by atoms with E-state index in [0.29, 0.717) is 10.0 Å². The third kappa shape index (κ3) is 1.82. The van der Waals surface area contributed by atoms with Gasteiger partial charge in [-0.2, -0.15) is 11.8 Å². The number of benzene rings is 1. The number of halogens is 2. The molecule has 0 aliphatic carbocycles. The zero-order valence-electron chi connectivity index (χ0n) is 6.76. The lowest BCUT2D eigenvalue weighted by Gasteiger charge is -2.22. The van der Waals surface area contributed by atoms with Crippen molar-refractivity contribution in [2.75, 3.05) is 5.75 Å². The largest absolute Gasteiger partial charge is 0.388 e. The monoisotopic (exact) mass is 234 g/mol. The van der Waals surface area contributed by atoms with E-state index in [4.69, 9.17) is 23.2 Å². The minimum absolute atomic E-state index is 0.426. The number of aliphatic hydroxyl groups is 1. The van der Waals surface area contributed by atoms with Crippen molar-refractivity contribution in [2.24, 2.45) is 0 Å². The molecule has 1 atom stereocenters. The second kappa shape index (κ2) is 3.70. The van der Waals surface area contributed by atoms with Crippen molar-refractivity contribution in [3.05, 3.63) is 33.3 Å². The van der Waals surface area contributed by atoms with Crippen LogP contribution >= 0.6 is 35.0 Å². The van der Waals surface area contributed by atoms with Crippen LogP contribution in [0.5, 0.6) is 0 Å². The van der Waals surface area contributed by atoms with Crippen molar-refractivity contribution < 1.29 is 5.11 Å². The van der Waals surface area contributed by atoms with Crippen LogP contribution in [-0.2, 0) is 5.75 Å². The molecule has 0 amide bonds. The Morgan fingerprint density at radius 2 is 2.15 bits per heavy atom. The van der Waals surface area contributed by atoms with Crippen LogP contribution in [0.25, 0.3) is 0 Å². The molecule has 4 heteroatoms. The van der Waals surface area contributed by atoms with Gasteiger partial charge in [0.1, 0.15) is 0 Å². The molecule has 1 aromatic rings. The Labute approximate surface area is 91.0 Å². The Hall–Kier alpha value is 0.110. The maximum Gasteiger partial charge on any atom is 0.0884 e. The summed E-state index contributed by atoms with van der Waals surface area (Å²) in [6, 6.07) is 3.52. The number of fused-ring (bicyclic) bond motifs is 1. The van der Waals surface area contributed by atoms with Crippen molar-refractivity contribution in [1.82, 2.24) is 0 Å². The maximum atomic E-state index is 9.67. The van der Waals surface area contributed by atoms with Gasteiger partial charge in [0.05, 0.1) is 6.10 Å². The predicted molar refractivity (Wildman–Crippen MR) is 57.6 cm³/mol. The molecule has 1 N–H and O–H groups in total. The van der Waals surface area contributed by atoms with Crippen molar-refractivity contribution in [3.63, 3.8) is 0 Å². The zero-order chi connectivity index (χ0) is 9.42. The molecule has 0 fully saturated rings. The van der Waals surface area contributed by atoms with Gasteiger partial charge in [-0.3, -0.25) is 0 Å². The molecule has 0 radical (unpaired) electrons. The van der Waals surface area contributed by atoms with Gasteiger partial charge in [0.2, 0.25) is 0 Å². The molecule has 1 unspecified atom stereocenters. The first-order valence-electron chi connectivity index (χ1n) is 3.92. The summed E-state index contributed by atoms with van der Waals surface area (Å²) in [5, 5.41) is 10.9. The van der Waals surface area contributed by atoms with E-state index in [1.807, 2.05) is 0 Å². The highest BCUT2D eigenvalue weighted by Gasteiger charge is 2.20. The van der Waals surface area contributed by atoms with Gasteiger partial charge in [-0.15, -0.1) is 0 Å². The van der Waals surface area contributed by atoms with Crippen LogP contribution in [0.4, 0.5) is 0 Å². The number of hydrogen-bond acceptors (Lipinski definition) is 2. The molecule has 0 bridgehead atoms. The summed E-state index contributed by atoms with van der Waals surface area (Å²) in [5.74, 6) is 1.59. The second-order valence-electron chi connectivity index (χ2n) is 2.99. The summed E-state index contributed by atoms with van der Waals surface area (Å²) in [4.78, 5) is 0. The molecule has 1 aliphatic heterocycles. The fraction of sp³-hybridized carbons (Fsp3) is 0.333. The summed E-state index contributed by atoms with van der Waals surface area (Å²) in [6.45, 7) is 0. The fourth-order valence-corrected chi connectivity index (χ4v) is 3.14. The van der Waals surface area contributed by atoms with Crippen molar-refractivity contribution in [1.29, 1.82) is 0 Å². The Kier molecular flexibility index (Phi) is 2.75. The standard InChI is InChI=1S/C9H8Cl2OS/c10-5-1-6-7(8(11)2-5)3-13-4-9(6)12/h1-2,9,12H,3-4H2. The lowest BCUT2D eigenvalue weighted by molar-refractivity contribution is 0.202. The molecule has 0 saturated heterocycles. The first kappa shape index (κ1) is 9.66. The predicted octanol–water partition coefficient (Wildman–Crippen LogP) is 3.27. The van der Waals surface area contributed by atoms with E-state index in [2.05, 4.69) is 0 Å². The number of thioether (sulfide) groups is 1. The van der Waals surface area contributed by atoms with E-state index in [0.717, 1.165) is 22.6 Å². The van der Waals surface area contributed by atoms with Crippen LogP contribution in [0.1, 0.15) is 17.2 Å². The molecule has 1 nitrogen and oxygen atoms in total. The SMILES string of the molecule is OC1CSCc2c(Cl)cc(Cl)cc21. The summed E-state index contributed by atoms with van der Waals surface area (Å²) in [5.41, 5.74) is 1.91. The molecule has 13 heavy (non-hydrogen) atoms. The van der Waals surface area contributed by atoms with Gasteiger partial charge in [-0.1, -0.05) is 23.2 Å². The molecule has 0 spiro atoms. The first-order valence-corrected chi connectivity index (χ1v) is 5.83. The van der Waals surface area contributed by atoms with Crippen LogP contribution in [-0.4, -0.2) is 10.9 Å². The Morgan fingerprint density at radius 1 is 1.38 bits per heavy atom. The Bertz CT molecular complexity index is 341. The summed E-state index contributed by atoms with van der Waals surface area (Å²) < 4.78 is 0. The fourth-order valence-electron chi connectivity index (χ4n) is 1.44. The smallest absolute Gasteiger partial charge is 0.0884 e. The van der Waals surface area contributed by atoms with Gasteiger partial charge in [0, 0.05) is 21.6 Å². The van der Waals surface area contributed by atoms with Gasteiger partial charge in [-0.25, -0.2) is 0 Å². The highest BCUT2D eigenvalue weighted by molar-refractivity contribution is 7.98. The molecule has 1 heterocycles. The van der Waals surface area contributed by atoms with E-state index in [1.54, 1.807) is 23.9 Å². The number of rotatable bonds is 0. The van der Waals surface area contributed by atoms with Gasteiger partial charge >= 0.3 is 0 Å². The van der Waals surface area contributed by atoms with Gasteiger partial charge in [0.15, 0.2) is 0 Å². The topological polar surface area (TPSA) is 20.2 Å². The first-order chi connectivity index (χ1) is 6.18. The molecule has 1 aromatic carbocycles. The number of aliphatic hydroxyl groups excluding tert-OH is 1. The molecule has 0 aromatic heterocycles. The minimum Gasteiger partial charge on any atom is -0.388 e. The number of hydrogen-bond donors (Lipinski definition) is 1. The summed E-state index contributed by atoms with van der Waals surface area (Å²) in [6.07, 6.45) is -0.426. The van der Waals surface area contributed by atoms with E-state index in [1.165, 1.54) is 0 Å². The van der Waals surface area contributed by atoms with Crippen LogP contribution in [0.2, 0.25) is 10.0 Å². The van der Waals surface area contributed by atoms with Crippen molar-refractivity contribution in [2.45, 2.75) is 11.9 Å². The van der Waals surface area contributed by atoms with Crippen molar-refractivity contribution >= 4 is 35.0 Å². The van der Waals surface area contributed by atoms with Gasteiger partial charge < -0.3 is 5.11 Å². The van der Waals surface area contributed by atoms with Crippen molar-refractivity contribution in [3.8, 4) is 0 Å². The van der Waals surface area contributed by atoms with Crippen LogP contribution in [0.15, 0.2) is 12.1 Å². The lowest BCUT2D eigenvalue weighted by Crippen LogP contribution is -2.10. The Balaban J connectivity index is 2.56. The van der Waals surface area contributed by atoms with E-state index >= 15 is 0 Å². The summed E-state index contributed by atoms with van der Waals surface area (Å²) >= 11 is 13.5. The minimum atomic E-state index is -0.426. The quantitative estimate of drug-likeness (QED) is 0.744. The van der Waals surface area contributed by atoms with E-state index in [9.17, 15) is 5.11 Å².